The molecule has 0 radical (unpaired) electrons. The van der Waals surface area contributed by atoms with Gasteiger partial charge in [-0.2, -0.15) is 0 Å². The number of carbonyl (C=O) groups is 2. The molecule has 0 rings (SSSR count). The van der Waals surface area contributed by atoms with Crippen LogP contribution >= 0.6 is 7.82 Å². The lowest BCUT2D eigenvalue weighted by molar-refractivity contribution is -0.870. The van der Waals surface area contributed by atoms with E-state index in [-0.39, 0.29) is 26.1 Å². The number of nitrogens with zero attached hydrogens (tertiary/aromatic N) is 1. The van der Waals surface area contributed by atoms with Gasteiger partial charge in [0.15, 0.2) is 6.10 Å². The summed E-state index contributed by atoms with van der Waals surface area (Å²) in [5, 5.41) is 0. The highest BCUT2D eigenvalue weighted by molar-refractivity contribution is 7.45. The number of ether oxygens (including phenoxy) is 2. The van der Waals surface area contributed by atoms with Crippen LogP contribution in [0.25, 0.3) is 0 Å². The number of quaternary nitrogens is 1. The van der Waals surface area contributed by atoms with Crippen molar-refractivity contribution >= 4 is 19.8 Å². The molecule has 0 N–H and O–H groups in total. The molecule has 0 aromatic carbocycles. The van der Waals surface area contributed by atoms with Crippen molar-refractivity contribution in [3.8, 4) is 0 Å². The molecule has 9 nitrogen and oxygen atoms in total. The summed E-state index contributed by atoms with van der Waals surface area (Å²) in [5.41, 5.74) is 0. The lowest BCUT2D eigenvalue weighted by Crippen LogP contribution is -2.37. The highest BCUT2D eigenvalue weighted by Gasteiger charge is 2.22. The minimum absolute atomic E-state index is 0.0503. The molecule has 504 valence electrons. The molecule has 0 bridgehead atoms. The molecular weight excluding hydrogens is 1130 g/mol. The van der Waals surface area contributed by atoms with Gasteiger partial charge in [-0.3, -0.25) is 14.2 Å². The Morgan fingerprint density at radius 2 is 0.600 bits per heavy atom. The number of likely N-dealkylation sites (N-methyl/N-ethyl adjacent to an activating group) is 1. The fourth-order valence-corrected chi connectivity index (χ4v) is 9.27. The molecule has 0 saturated carbocycles. The first-order chi connectivity index (χ1) is 44.0. The lowest BCUT2D eigenvalue weighted by atomic mass is 10.1. The minimum Gasteiger partial charge on any atom is -0.756 e. The number of hydrogen-bond donors (Lipinski definition) is 0. The van der Waals surface area contributed by atoms with E-state index in [4.69, 9.17) is 18.5 Å². The Morgan fingerprint density at radius 1 is 0.344 bits per heavy atom. The molecule has 0 spiro atoms. The number of esters is 2. The quantitative estimate of drug-likeness (QED) is 0.0195. The number of unbranched alkanes of at least 4 members (excludes halogenated alkanes) is 13. The predicted molar refractivity (Wildman–Crippen MR) is 387 cm³/mol. The number of hydrogen-bond acceptors (Lipinski definition) is 8. The summed E-state index contributed by atoms with van der Waals surface area (Å²) in [4.78, 5) is 38.1. The van der Waals surface area contributed by atoms with Gasteiger partial charge in [0.1, 0.15) is 19.8 Å². The van der Waals surface area contributed by atoms with E-state index in [0.717, 1.165) is 154 Å². The Morgan fingerprint density at radius 3 is 0.900 bits per heavy atom. The zero-order chi connectivity index (χ0) is 65.5. The van der Waals surface area contributed by atoms with E-state index in [1.54, 1.807) is 0 Å². The predicted octanol–water partition coefficient (Wildman–Crippen LogP) is 22.4. The van der Waals surface area contributed by atoms with E-state index in [1.807, 2.05) is 21.1 Å². The fourth-order valence-electron chi connectivity index (χ4n) is 8.55. The summed E-state index contributed by atoms with van der Waals surface area (Å²) in [7, 11) is 1.11. The molecule has 0 aromatic rings. The maximum Gasteiger partial charge on any atom is 0.306 e. The summed E-state index contributed by atoms with van der Waals surface area (Å²) >= 11 is 0. The number of allylic oxidation sites excluding steroid dienone is 34. The second-order valence-electron chi connectivity index (χ2n) is 23.4. The first kappa shape index (κ1) is 84.6. The Kier molecular flexibility index (Phi) is 63.9. The fraction of sp³-hybridized carbons (Fsp3) is 0.550. The van der Waals surface area contributed by atoms with E-state index < -0.39 is 32.5 Å². The van der Waals surface area contributed by atoms with Crippen LogP contribution in [-0.4, -0.2) is 70.0 Å². The third kappa shape index (κ3) is 71.7. The van der Waals surface area contributed by atoms with Crippen LogP contribution in [0.1, 0.15) is 232 Å². The number of carbonyl (C=O) groups excluding carboxylic acids is 2. The number of rotatable bonds is 61. The Labute approximate surface area is 551 Å². The van der Waals surface area contributed by atoms with E-state index in [0.29, 0.717) is 23.9 Å². The van der Waals surface area contributed by atoms with E-state index in [2.05, 4.69) is 220 Å². The standard InChI is InChI=1S/C80H126NO8P/c1-6-8-10-12-14-16-18-20-22-24-26-28-30-32-34-36-38-39-40-41-43-44-46-48-50-52-54-56-58-60-62-64-66-68-70-72-79(82)86-76-78(77-88-90(84,85)87-75-74-81(3,4)5)89-80(83)73-71-69-67-65-63-61-59-57-55-53-51-49-47-45-42-37-35-33-31-29-27-25-23-21-19-17-15-13-11-9-7-2/h8-11,14-17,20-23,26-29,32-35,38-39,41-43,45-46,48-49,51,55,57,61,63,78H,6-7,12-13,18-19,24-25,30-31,36-37,40,44,47,50,52-54,56,58-60,62,64-77H2,1-5H3/b10-8-,11-9-,16-14-,17-15-,22-20-,23-21-,28-26-,29-27-,34-32-,35-33-,39-38-,43-41-,45-42-,48-46-,51-49-,57-55-,63-61-. The van der Waals surface area contributed by atoms with Crippen molar-refractivity contribution in [1.82, 2.24) is 0 Å². The smallest absolute Gasteiger partial charge is 0.306 e. The normalized spacial score (nSPS) is 14.4. The molecule has 0 fully saturated rings. The molecule has 0 saturated heterocycles. The van der Waals surface area contributed by atoms with Gasteiger partial charge in [0.2, 0.25) is 0 Å². The zero-order valence-corrected chi connectivity index (χ0v) is 58.1. The van der Waals surface area contributed by atoms with Crippen LogP contribution in [0.3, 0.4) is 0 Å². The first-order valence-corrected chi connectivity index (χ1v) is 36.3. The summed E-state index contributed by atoms with van der Waals surface area (Å²) in [6.07, 6.45) is 108. The molecule has 90 heavy (non-hydrogen) atoms. The zero-order valence-electron chi connectivity index (χ0n) is 57.2. The molecule has 0 aliphatic rings. The molecule has 2 atom stereocenters. The molecule has 2 unspecified atom stereocenters. The van der Waals surface area contributed by atoms with Crippen LogP contribution in [0, 0.1) is 0 Å². The molecule has 0 heterocycles. The molecule has 10 heteroatoms. The van der Waals surface area contributed by atoms with Gasteiger partial charge in [-0.15, -0.1) is 0 Å². The maximum atomic E-state index is 12.9. The Hall–Kier alpha value is -5.41. The van der Waals surface area contributed by atoms with E-state index >= 15 is 0 Å². The van der Waals surface area contributed by atoms with Gasteiger partial charge in [-0.1, -0.05) is 278 Å². The lowest BCUT2D eigenvalue weighted by Gasteiger charge is -2.28. The maximum absolute atomic E-state index is 12.9. The van der Waals surface area contributed by atoms with E-state index in [9.17, 15) is 19.0 Å². The summed E-state index contributed by atoms with van der Waals surface area (Å²) in [5.74, 6) is -0.893. The first-order valence-electron chi connectivity index (χ1n) is 34.8. The topological polar surface area (TPSA) is 111 Å². The van der Waals surface area contributed by atoms with Crippen molar-refractivity contribution in [1.29, 1.82) is 0 Å². The van der Waals surface area contributed by atoms with Gasteiger partial charge in [0.05, 0.1) is 27.7 Å². The van der Waals surface area contributed by atoms with Crippen molar-refractivity contribution < 1.29 is 42.1 Å². The van der Waals surface area contributed by atoms with Gasteiger partial charge in [0, 0.05) is 12.8 Å². The number of phosphoric acid groups is 1. The molecule has 0 aromatic heterocycles. The van der Waals surface area contributed by atoms with Crippen molar-refractivity contribution in [3.63, 3.8) is 0 Å². The van der Waals surface area contributed by atoms with Crippen LogP contribution < -0.4 is 4.89 Å². The molecule has 0 amide bonds. The SMILES string of the molecule is CC/C=C\C/C=C\C/C=C\C/C=C\C/C=C\C/C=C\C/C=C\C/C=C\C/C=C\CCCCCC(=O)OC(COC(=O)CCCCCCCCCCCC/C=C\C/C=C\C/C=C\C/C=C\C/C=C\C/C=C\C/C=C\C/C=C\CC)COP(=O)([O-])OCC[N+](C)(C)C. The third-order valence-corrected chi connectivity index (χ3v) is 14.8. The van der Waals surface area contributed by atoms with Crippen LogP contribution in [0.4, 0.5) is 0 Å². The Bertz CT molecular complexity index is 2270. The monoisotopic (exact) mass is 1260 g/mol. The van der Waals surface area contributed by atoms with Crippen molar-refractivity contribution in [2.75, 3.05) is 47.5 Å². The van der Waals surface area contributed by atoms with Crippen LogP contribution in [0.15, 0.2) is 207 Å². The van der Waals surface area contributed by atoms with Crippen LogP contribution in [0.5, 0.6) is 0 Å². The minimum atomic E-state index is -4.67. The van der Waals surface area contributed by atoms with Gasteiger partial charge < -0.3 is 27.9 Å². The second-order valence-corrected chi connectivity index (χ2v) is 24.8. The summed E-state index contributed by atoms with van der Waals surface area (Å²) < 4.78 is 34.2. The van der Waals surface area contributed by atoms with Crippen molar-refractivity contribution in [3.05, 3.63) is 207 Å². The van der Waals surface area contributed by atoms with Crippen molar-refractivity contribution in [2.45, 2.75) is 238 Å². The van der Waals surface area contributed by atoms with Crippen LogP contribution in [-0.2, 0) is 32.7 Å². The molecular formula is C80H126NO8P. The highest BCUT2D eigenvalue weighted by Crippen LogP contribution is 2.38. The van der Waals surface area contributed by atoms with Gasteiger partial charge in [-0.05, 0) is 148 Å². The second kappa shape index (κ2) is 68.0. The summed E-state index contributed by atoms with van der Waals surface area (Å²) in [6, 6.07) is 0. The van der Waals surface area contributed by atoms with Gasteiger partial charge in [-0.25, -0.2) is 0 Å². The van der Waals surface area contributed by atoms with Gasteiger partial charge >= 0.3 is 11.9 Å². The van der Waals surface area contributed by atoms with Crippen LogP contribution in [0.2, 0.25) is 0 Å². The largest absolute Gasteiger partial charge is 0.756 e. The number of phosphoric ester groups is 1. The average molecular weight is 1260 g/mol. The average Bonchev–Trinajstić information content (AvgIpc) is 3.58. The van der Waals surface area contributed by atoms with Gasteiger partial charge in [0.25, 0.3) is 7.82 Å². The summed E-state index contributed by atoms with van der Waals surface area (Å²) in [6.45, 7) is 3.94. The highest BCUT2D eigenvalue weighted by atomic mass is 31.2. The Balaban J connectivity index is 4.22. The van der Waals surface area contributed by atoms with Crippen molar-refractivity contribution in [2.24, 2.45) is 0 Å². The molecule has 0 aliphatic heterocycles. The molecule has 0 aliphatic carbocycles. The third-order valence-electron chi connectivity index (χ3n) is 13.8. The van der Waals surface area contributed by atoms with E-state index in [1.165, 1.54) is 38.5 Å².